The van der Waals surface area contributed by atoms with Gasteiger partial charge in [-0.25, -0.2) is 17.1 Å². The van der Waals surface area contributed by atoms with E-state index in [0.29, 0.717) is 5.56 Å². The number of benzene rings is 2. The fourth-order valence-corrected chi connectivity index (χ4v) is 4.58. The Hall–Kier alpha value is -2.78. The maximum atomic E-state index is 14.3. The smallest absolute Gasteiger partial charge is 0.242 e. The third kappa shape index (κ3) is 7.36. The van der Waals surface area contributed by atoms with Gasteiger partial charge in [0.15, 0.2) is 0 Å². The molecule has 0 aromatic heterocycles. The topological polar surface area (TPSA) is 86.8 Å². The molecule has 0 aliphatic rings. The van der Waals surface area contributed by atoms with Crippen molar-refractivity contribution in [2.75, 3.05) is 13.6 Å². The SMILES string of the molecule is CC[C@@H](C)NC(=O)[C@@H](C)N(Cc1ccccc1F)C(=O)CCCN(C)S(=O)(=O)c1ccccc1. The predicted octanol–water partition coefficient (Wildman–Crippen LogP) is 3.56. The number of amides is 2. The molecule has 0 spiro atoms. The van der Waals surface area contributed by atoms with Gasteiger partial charge in [-0.15, -0.1) is 0 Å². The Balaban J connectivity index is 2.10. The number of rotatable bonds is 12. The molecule has 9 heteroatoms. The Bertz CT molecular complexity index is 1060. The van der Waals surface area contributed by atoms with E-state index >= 15 is 0 Å². The van der Waals surface area contributed by atoms with Gasteiger partial charge in [0.05, 0.1) is 4.90 Å². The highest BCUT2D eigenvalue weighted by Crippen LogP contribution is 2.17. The lowest BCUT2D eigenvalue weighted by molar-refractivity contribution is -0.141. The highest BCUT2D eigenvalue weighted by Gasteiger charge is 2.28. The Kier molecular flexibility index (Phi) is 10.2. The quantitative estimate of drug-likeness (QED) is 0.492. The molecule has 0 bridgehead atoms. The van der Waals surface area contributed by atoms with Crippen LogP contribution in [0.15, 0.2) is 59.5 Å². The molecule has 34 heavy (non-hydrogen) atoms. The average molecular weight is 492 g/mol. The van der Waals surface area contributed by atoms with Gasteiger partial charge in [-0.05, 0) is 44.9 Å². The maximum Gasteiger partial charge on any atom is 0.242 e. The fraction of sp³-hybridized carbons (Fsp3) is 0.440. The molecule has 0 fully saturated rings. The van der Waals surface area contributed by atoms with E-state index in [1.807, 2.05) is 13.8 Å². The van der Waals surface area contributed by atoms with Gasteiger partial charge in [0.2, 0.25) is 21.8 Å². The van der Waals surface area contributed by atoms with Gasteiger partial charge in [-0.1, -0.05) is 43.3 Å². The summed E-state index contributed by atoms with van der Waals surface area (Å²) in [5.74, 6) is -1.12. The summed E-state index contributed by atoms with van der Waals surface area (Å²) in [4.78, 5) is 27.4. The normalized spacial score (nSPS) is 13.4. The van der Waals surface area contributed by atoms with Crippen LogP contribution in [0.2, 0.25) is 0 Å². The van der Waals surface area contributed by atoms with Crippen LogP contribution in [0.4, 0.5) is 4.39 Å². The minimum Gasteiger partial charge on any atom is -0.352 e. The largest absolute Gasteiger partial charge is 0.352 e. The fourth-order valence-electron chi connectivity index (χ4n) is 3.35. The lowest BCUT2D eigenvalue weighted by atomic mass is 10.1. The second kappa shape index (κ2) is 12.6. The number of nitrogens with one attached hydrogen (secondary N) is 1. The maximum absolute atomic E-state index is 14.3. The molecule has 2 aromatic carbocycles. The zero-order valence-corrected chi connectivity index (χ0v) is 21.0. The van der Waals surface area contributed by atoms with Crippen LogP contribution in [-0.4, -0.2) is 55.1 Å². The van der Waals surface area contributed by atoms with Crippen molar-refractivity contribution in [1.29, 1.82) is 0 Å². The number of sulfonamides is 1. The van der Waals surface area contributed by atoms with Crippen LogP contribution in [-0.2, 0) is 26.2 Å². The first-order valence-corrected chi connectivity index (χ1v) is 12.9. The molecule has 2 atom stereocenters. The van der Waals surface area contributed by atoms with Crippen LogP contribution >= 0.6 is 0 Å². The van der Waals surface area contributed by atoms with Crippen molar-refractivity contribution < 1.29 is 22.4 Å². The zero-order chi connectivity index (χ0) is 25.3. The number of nitrogens with zero attached hydrogens (tertiary/aromatic N) is 2. The molecule has 0 aliphatic heterocycles. The summed E-state index contributed by atoms with van der Waals surface area (Å²) in [5.41, 5.74) is 0.308. The standard InChI is InChI=1S/C25H34FN3O4S/c1-5-19(2)27-25(31)20(3)29(18-21-12-9-10-15-23(21)26)24(30)16-11-17-28(4)34(32,33)22-13-7-6-8-14-22/h6-10,12-15,19-20H,5,11,16-18H2,1-4H3,(H,27,31)/t19-,20-/m1/s1. The molecule has 2 rings (SSSR count). The summed E-state index contributed by atoms with van der Waals surface area (Å²) in [5, 5.41) is 2.86. The lowest BCUT2D eigenvalue weighted by Gasteiger charge is -2.30. The molecule has 2 amide bonds. The Morgan fingerprint density at radius 3 is 2.26 bits per heavy atom. The van der Waals surface area contributed by atoms with Crippen molar-refractivity contribution in [3.05, 3.63) is 66.0 Å². The van der Waals surface area contributed by atoms with Crippen LogP contribution in [0, 0.1) is 5.82 Å². The molecule has 0 heterocycles. The highest BCUT2D eigenvalue weighted by molar-refractivity contribution is 7.89. The third-order valence-electron chi connectivity index (χ3n) is 5.78. The van der Waals surface area contributed by atoms with Crippen molar-refractivity contribution in [2.24, 2.45) is 0 Å². The number of hydrogen-bond donors (Lipinski definition) is 1. The van der Waals surface area contributed by atoms with Gasteiger partial charge >= 0.3 is 0 Å². The van der Waals surface area contributed by atoms with E-state index in [4.69, 9.17) is 0 Å². The zero-order valence-electron chi connectivity index (χ0n) is 20.2. The molecule has 0 unspecified atom stereocenters. The predicted molar refractivity (Wildman–Crippen MR) is 130 cm³/mol. The van der Waals surface area contributed by atoms with Gasteiger partial charge in [0, 0.05) is 38.2 Å². The van der Waals surface area contributed by atoms with Crippen LogP contribution in [0.3, 0.4) is 0 Å². The number of hydrogen-bond acceptors (Lipinski definition) is 4. The molecular weight excluding hydrogens is 457 g/mol. The van der Waals surface area contributed by atoms with Gasteiger partial charge in [-0.2, -0.15) is 0 Å². The third-order valence-corrected chi connectivity index (χ3v) is 7.65. The first-order valence-electron chi connectivity index (χ1n) is 11.4. The summed E-state index contributed by atoms with van der Waals surface area (Å²) in [6.07, 6.45) is 1.01. The van der Waals surface area contributed by atoms with Gasteiger partial charge in [0.1, 0.15) is 11.9 Å². The van der Waals surface area contributed by atoms with Crippen molar-refractivity contribution in [3.8, 4) is 0 Å². The molecule has 2 aromatic rings. The molecule has 0 saturated carbocycles. The molecule has 0 saturated heterocycles. The van der Waals surface area contributed by atoms with Crippen molar-refractivity contribution in [3.63, 3.8) is 0 Å². The van der Waals surface area contributed by atoms with Gasteiger partial charge in [0.25, 0.3) is 0 Å². The minimum absolute atomic E-state index is 0.0179. The van der Waals surface area contributed by atoms with E-state index < -0.39 is 21.9 Å². The summed E-state index contributed by atoms with van der Waals surface area (Å²) in [6, 6.07) is 13.3. The van der Waals surface area contributed by atoms with Crippen molar-refractivity contribution in [1.82, 2.24) is 14.5 Å². The van der Waals surface area contributed by atoms with Gasteiger partial charge < -0.3 is 10.2 Å². The molecule has 1 N–H and O–H groups in total. The molecule has 0 aliphatic carbocycles. The van der Waals surface area contributed by atoms with E-state index in [2.05, 4.69) is 5.32 Å². The number of carbonyl (C=O) groups excluding carboxylic acids is 2. The molecule has 7 nitrogen and oxygen atoms in total. The van der Waals surface area contributed by atoms with E-state index in [1.165, 1.54) is 34.5 Å². The average Bonchev–Trinajstić information content (AvgIpc) is 2.83. The van der Waals surface area contributed by atoms with E-state index in [1.54, 1.807) is 43.3 Å². The van der Waals surface area contributed by atoms with Crippen LogP contribution in [0.5, 0.6) is 0 Å². The minimum atomic E-state index is -3.66. The van der Waals surface area contributed by atoms with Crippen LogP contribution in [0.25, 0.3) is 0 Å². The number of halogens is 1. The first kappa shape index (κ1) is 27.5. The molecule has 0 radical (unpaired) electrons. The summed E-state index contributed by atoms with van der Waals surface area (Å²) < 4.78 is 40.9. The summed E-state index contributed by atoms with van der Waals surface area (Å²) in [6.45, 7) is 5.50. The van der Waals surface area contributed by atoms with Crippen molar-refractivity contribution >= 4 is 21.8 Å². The number of carbonyl (C=O) groups is 2. The van der Waals surface area contributed by atoms with Crippen LogP contribution < -0.4 is 5.32 Å². The van der Waals surface area contributed by atoms with E-state index in [0.717, 1.165) is 6.42 Å². The molecule has 186 valence electrons. The summed E-state index contributed by atoms with van der Waals surface area (Å²) in [7, 11) is -2.20. The Labute approximate surface area is 202 Å². The Morgan fingerprint density at radius 2 is 1.65 bits per heavy atom. The highest BCUT2D eigenvalue weighted by atomic mass is 32.2. The Morgan fingerprint density at radius 1 is 1.03 bits per heavy atom. The van der Waals surface area contributed by atoms with E-state index in [9.17, 15) is 22.4 Å². The first-order chi connectivity index (χ1) is 16.1. The van der Waals surface area contributed by atoms with Crippen molar-refractivity contribution in [2.45, 2.75) is 63.6 Å². The second-order valence-corrected chi connectivity index (χ2v) is 10.4. The van der Waals surface area contributed by atoms with E-state index in [-0.39, 0.29) is 48.7 Å². The second-order valence-electron chi connectivity index (χ2n) is 8.35. The monoisotopic (exact) mass is 491 g/mol. The lowest BCUT2D eigenvalue weighted by Crippen LogP contribution is -2.49. The molecular formula is C25H34FN3O4S. The van der Waals surface area contributed by atoms with Gasteiger partial charge in [-0.3, -0.25) is 9.59 Å². The van der Waals surface area contributed by atoms with Crippen LogP contribution in [0.1, 0.15) is 45.6 Å². The summed E-state index contributed by atoms with van der Waals surface area (Å²) >= 11 is 0.